The Hall–Kier alpha value is -1.60. The maximum Gasteiger partial charge on any atom is 0.147 e. The predicted molar refractivity (Wildman–Crippen MR) is 72.4 cm³/mol. The quantitative estimate of drug-likeness (QED) is 0.860. The lowest BCUT2D eigenvalue weighted by molar-refractivity contribution is 0.413. The Labute approximate surface area is 108 Å². The van der Waals surface area contributed by atoms with E-state index in [9.17, 15) is 5.26 Å². The zero-order chi connectivity index (χ0) is 13.1. The van der Waals surface area contributed by atoms with Gasteiger partial charge in [0.15, 0.2) is 0 Å². The van der Waals surface area contributed by atoms with Crippen molar-refractivity contribution in [2.75, 3.05) is 24.5 Å². The molecule has 1 aliphatic rings. The van der Waals surface area contributed by atoms with Crippen LogP contribution in [-0.4, -0.2) is 24.6 Å². The SMILES string of the molecule is Cc1cc(C)c(C#N)c(N2CCC(CN)CC2)n1. The van der Waals surface area contributed by atoms with Gasteiger partial charge in [-0.1, -0.05) is 0 Å². The van der Waals surface area contributed by atoms with E-state index in [0.717, 1.165) is 49.6 Å². The van der Waals surface area contributed by atoms with Crippen molar-refractivity contribution in [1.82, 2.24) is 4.98 Å². The number of rotatable bonds is 2. The third kappa shape index (κ3) is 2.46. The fourth-order valence-corrected chi connectivity index (χ4v) is 2.56. The van der Waals surface area contributed by atoms with Crippen LogP contribution in [0.4, 0.5) is 5.82 Å². The number of piperidine rings is 1. The summed E-state index contributed by atoms with van der Waals surface area (Å²) in [5.74, 6) is 1.48. The van der Waals surface area contributed by atoms with E-state index in [1.807, 2.05) is 19.9 Å². The molecule has 1 aromatic heterocycles. The zero-order valence-corrected chi connectivity index (χ0v) is 11.1. The maximum atomic E-state index is 9.28. The summed E-state index contributed by atoms with van der Waals surface area (Å²) >= 11 is 0. The molecule has 0 saturated carbocycles. The van der Waals surface area contributed by atoms with Crippen molar-refractivity contribution in [3.8, 4) is 6.07 Å². The average Bonchev–Trinajstić information content (AvgIpc) is 2.38. The van der Waals surface area contributed by atoms with Gasteiger partial charge in [0.2, 0.25) is 0 Å². The number of aromatic nitrogens is 1. The first kappa shape index (κ1) is 12.8. The molecule has 2 heterocycles. The van der Waals surface area contributed by atoms with Crippen LogP contribution in [0.2, 0.25) is 0 Å². The van der Waals surface area contributed by atoms with E-state index in [2.05, 4.69) is 16.0 Å². The molecule has 1 saturated heterocycles. The number of anilines is 1. The molecule has 18 heavy (non-hydrogen) atoms. The number of nitrogens with zero attached hydrogens (tertiary/aromatic N) is 3. The fraction of sp³-hybridized carbons (Fsp3) is 0.571. The molecule has 2 rings (SSSR count). The van der Waals surface area contributed by atoms with Gasteiger partial charge in [0.25, 0.3) is 0 Å². The summed E-state index contributed by atoms with van der Waals surface area (Å²) in [5, 5.41) is 9.28. The monoisotopic (exact) mass is 244 g/mol. The molecule has 0 radical (unpaired) electrons. The van der Waals surface area contributed by atoms with Crippen molar-refractivity contribution in [2.24, 2.45) is 11.7 Å². The molecule has 2 N–H and O–H groups in total. The van der Waals surface area contributed by atoms with Crippen LogP contribution in [0.1, 0.15) is 29.7 Å². The third-order valence-electron chi connectivity index (χ3n) is 3.68. The van der Waals surface area contributed by atoms with Crippen LogP contribution >= 0.6 is 0 Å². The lowest BCUT2D eigenvalue weighted by atomic mass is 9.96. The van der Waals surface area contributed by atoms with E-state index < -0.39 is 0 Å². The Morgan fingerprint density at radius 1 is 1.44 bits per heavy atom. The van der Waals surface area contributed by atoms with Crippen molar-refractivity contribution in [3.63, 3.8) is 0 Å². The number of aryl methyl sites for hydroxylation is 2. The van der Waals surface area contributed by atoms with E-state index in [4.69, 9.17) is 5.73 Å². The number of hydrogen-bond donors (Lipinski definition) is 1. The van der Waals surface area contributed by atoms with Crippen LogP contribution in [0, 0.1) is 31.1 Å². The molecule has 0 aromatic carbocycles. The molecule has 1 aliphatic heterocycles. The van der Waals surface area contributed by atoms with Crippen molar-refractivity contribution in [3.05, 3.63) is 22.9 Å². The van der Waals surface area contributed by atoms with Gasteiger partial charge < -0.3 is 10.6 Å². The van der Waals surface area contributed by atoms with Gasteiger partial charge in [-0.2, -0.15) is 5.26 Å². The summed E-state index contributed by atoms with van der Waals surface area (Å²) in [5.41, 5.74) is 8.41. The third-order valence-corrected chi connectivity index (χ3v) is 3.68. The van der Waals surface area contributed by atoms with Crippen LogP contribution < -0.4 is 10.6 Å². The first-order chi connectivity index (χ1) is 8.65. The lowest BCUT2D eigenvalue weighted by Crippen LogP contribution is -2.37. The standard InChI is InChI=1S/C14H20N4/c1-10-7-11(2)17-14(13(10)9-16)18-5-3-12(8-15)4-6-18/h7,12H,3-6,8,15H2,1-2H3. The number of nitrogens with two attached hydrogens (primary N) is 1. The second-order valence-corrected chi connectivity index (χ2v) is 5.06. The minimum Gasteiger partial charge on any atom is -0.355 e. The summed E-state index contributed by atoms with van der Waals surface area (Å²) in [4.78, 5) is 6.78. The molecular formula is C14H20N4. The van der Waals surface area contributed by atoms with Gasteiger partial charge >= 0.3 is 0 Å². The number of hydrogen-bond acceptors (Lipinski definition) is 4. The van der Waals surface area contributed by atoms with E-state index in [1.165, 1.54) is 0 Å². The van der Waals surface area contributed by atoms with Crippen molar-refractivity contribution >= 4 is 5.82 Å². The normalized spacial score (nSPS) is 16.7. The van der Waals surface area contributed by atoms with Gasteiger partial charge in [-0.3, -0.25) is 0 Å². The summed E-state index contributed by atoms with van der Waals surface area (Å²) in [7, 11) is 0. The van der Waals surface area contributed by atoms with Gasteiger partial charge in [-0.25, -0.2) is 4.98 Å². The summed E-state index contributed by atoms with van der Waals surface area (Å²) in [6, 6.07) is 4.25. The van der Waals surface area contributed by atoms with Gasteiger partial charge in [-0.05, 0) is 50.8 Å². The van der Waals surface area contributed by atoms with Crippen LogP contribution in [-0.2, 0) is 0 Å². The Bertz CT molecular complexity index is 467. The van der Waals surface area contributed by atoms with Gasteiger partial charge in [0.1, 0.15) is 11.9 Å². The maximum absolute atomic E-state index is 9.28. The lowest BCUT2D eigenvalue weighted by Gasteiger charge is -2.33. The van der Waals surface area contributed by atoms with E-state index in [0.29, 0.717) is 11.5 Å². The molecule has 4 heteroatoms. The Balaban J connectivity index is 2.26. The largest absolute Gasteiger partial charge is 0.355 e. The molecule has 1 fully saturated rings. The van der Waals surface area contributed by atoms with Crippen LogP contribution in [0.25, 0.3) is 0 Å². The second kappa shape index (κ2) is 5.36. The van der Waals surface area contributed by atoms with Gasteiger partial charge in [0, 0.05) is 18.8 Å². The van der Waals surface area contributed by atoms with E-state index in [-0.39, 0.29) is 0 Å². The highest BCUT2D eigenvalue weighted by atomic mass is 15.2. The predicted octanol–water partition coefficient (Wildman–Crippen LogP) is 1.75. The Morgan fingerprint density at radius 2 is 2.11 bits per heavy atom. The van der Waals surface area contributed by atoms with Crippen LogP contribution in [0.3, 0.4) is 0 Å². The summed E-state index contributed by atoms with van der Waals surface area (Å²) in [6.07, 6.45) is 2.19. The second-order valence-electron chi connectivity index (χ2n) is 5.06. The van der Waals surface area contributed by atoms with Crippen molar-refractivity contribution in [1.29, 1.82) is 5.26 Å². The average molecular weight is 244 g/mol. The van der Waals surface area contributed by atoms with Gasteiger partial charge in [0.05, 0.1) is 5.56 Å². The molecule has 0 amide bonds. The molecule has 4 nitrogen and oxygen atoms in total. The molecule has 0 bridgehead atoms. The summed E-state index contributed by atoms with van der Waals surface area (Å²) < 4.78 is 0. The molecule has 0 aliphatic carbocycles. The van der Waals surface area contributed by atoms with Crippen LogP contribution in [0.15, 0.2) is 6.07 Å². The minimum absolute atomic E-state index is 0.623. The zero-order valence-electron chi connectivity index (χ0n) is 11.1. The molecule has 0 unspecified atom stereocenters. The fourth-order valence-electron chi connectivity index (χ4n) is 2.56. The van der Waals surface area contributed by atoms with Crippen molar-refractivity contribution in [2.45, 2.75) is 26.7 Å². The molecule has 1 aromatic rings. The Morgan fingerprint density at radius 3 is 2.67 bits per heavy atom. The Kier molecular flexibility index (Phi) is 3.83. The minimum atomic E-state index is 0.623. The first-order valence-electron chi connectivity index (χ1n) is 6.49. The smallest absolute Gasteiger partial charge is 0.147 e. The van der Waals surface area contributed by atoms with Crippen molar-refractivity contribution < 1.29 is 0 Å². The molecule has 0 atom stereocenters. The molecule has 0 spiro atoms. The first-order valence-corrected chi connectivity index (χ1v) is 6.49. The van der Waals surface area contributed by atoms with Gasteiger partial charge in [-0.15, -0.1) is 0 Å². The topological polar surface area (TPSA) is 65.9 Å². The number of pyridine rings is 1. The van der Waals surface area contributed by atoms with E-state index >= 15 is 0 Å². The highest BCUT2D eigenvalue weighted by molar-refractivity contribution is 5.58. The highest BCUT2D eigenvalue weighted by Gasteiger charge is 2.22. The highest BCUT2D eigenvalue weighted by Crippen LogP contribution is 2.26. The van der Waals surface area contributed by atoms with Crippen LogP contribution in [0.5, 0.6) is 0 Å². The number of nitriles is 1. The van der Waals surface area contributed by atoms with E-state index in [1.54, 1.807) is 0 Å². The summed E-state index contributed by atoms with van der Waals surface area (Å²) in [6.45, 7) is 6.62. The molecule has 96 valence electrons. The molecular weight excluding hydrogens is 224 g/mol.